The zero-order valence-electron chi connectivity index (χ0n) is 11.2. The summed E-state index contributed by atoms with van der Waals surface area (Å²) in [4.78, 5) is 14.3. The number of sulfonamides is 1. The van der Waals surface area contributed by atoms with Crippen LogP contribution in [0.1, 0.15) is 11.4 Å². The predicted octanol–water partition coefficient (Wildman–Crippen LogP) is -0.430. The Kier molecular flexibility index (Phi) is 3.84. The number of nitrogens with zero attached hydrogens (tertiary/aromatic N) is 5. The van der Waals surface area contributed by atoms with Crippen LogP contribution in [0.15, 0.2) is 17.3 Å². The minimum Gasteiger partial charge on any atom is -0.480 e. The number of nitrogens with one attached hydrogen (secondary N) is 1. The molecule has 0 bridgehead atoms. The van der Waals surface area contributed by atoms with E-state index in [4.69, 9.17) is 5.11 Å². The number of carboxylic acid groups (broad SMARTS) is 1. The van der Waals surface area contributed by atoms with Gasteiger partial charge in [0.05, 0.1) is 17.6 Å². The van der Waals surface area contributed by atoms with E-state index < -0.39 is 22.5 Å². The van der Waals surface area contributed by atoms with E-state index in [1.165, 1.54) is 0 Å². The summed E-state index contributed by atoms with van der Waals surface area (Å²) in [6, 6.07) is 0. The molecular weight excluding hydrogens is 300 g/mol. The number of carbonyl (C=O) groups is 1. The van der Waals surface area contributed by atoms with E-state index in [2.05, 4.69) is 25.0 Å². The summed E-state index contributed by atoms with van der Waals surface area (Å²) in [5.41, 5.74) is 1.14. The lowest BCUT2D eigenvalue weighted by Gasteiger charge is -2.05. The Morgan fingerprint density at radius 1 is 1.33 bits per heavy atom. The van der Waals surface area contributed by atoms with Crippen molar-refractivity contribution in [3.8, 4) is 0 Å². The molecule has 0 atom stereocenters. The number of hydrogen-bond acceptors (Lipinski definition) is 7. The van der Waals surface area contributed by atoms with Crippen LogP contribution < -0.4 is 4.72 Å². The zero-order chi connectivity index (χ0) is 15.6. The lowest BCUT2D eigenvalue weighted by molar-refractivity contribution is -0.137. The third-order valence-corrected chi connectivity index (χ3v) is 3.82. The third kappa shape index (κ3) is 3.51. The SMILES string of the molecule is Cc1nnc(NS(=O)(=O)c2cnn(CC(=O)O)c2)nc1C. The molecule has 0 fully saturated rings. The number of aliphatic carboxylic acids is 1. The maximum absolute atomic E-state index is 12.1. The van der Waals surface area contributed by atoms with Gasteiger partial charge < -0.3 is 5.11 Å². The molecule has 2 aromatic rings. The van der Waals surface area contributed by atoms with E-state index in [-0.39, 0.29) is 10.8 Å². The lowest BCUT2D eigenvalue weighted by atomic mass is 10.4. The van der Waals surface area contributed by atoms with E-state index in [9.17, 15) is 13.2 Å². The zero-order valence-corrected chi connectivity index (χ0v) is 12.0. The summed E-state index contributed by atoms with van der Waals surface area (Å²) in [5.74, 6) is -1.29. The molecule has 0 saturated heterocycles. The Hall–Kier alpha value is -2.56. The van der Waals surface area contributed by atoms with Gasteiger partial charge in [0, 0.05) is 6.20 Å². The summed E-state index contributed by atoms with van der Waals surface area (Å²) in [6.45, 7) is 2.94. The maximum Gasteiger partial charge on any atom is 0.325 e. The molecule has 0 saturated carbocycles. The van der Waals surface area contributed by atoms with Crippen molar-refractivity contribution in [3.63, 3.8) is 0 Å². The highest BCUT2D eigenvalue weighted by Crippen LogP contribution is 2.12. The van der Waals surface area contributed by atoms with Gasteiger partial charge in [-0.2, -0.15) is 10.2 Å². The third-order valence-electron chi connectivity index (χ3n) is 2.53. The van der Waals surface area contributed by atoms with Gasteiger partial charge in [0.1, 0.15) is 11.4 Å². The van der Waals surface area contributed by atoms with E-state index >= 15 is 0 Å². The van der Waals surface area contributed by atoms with E-state index in [0.29, 0.717) is 11.4 Å². The normalized spacial score (nSPS) is 11.3. The number of carboxylic acids is 1. The van der Waals surface area contributed by atoms with Crippen LogP contribution in [0.3, 0.4) is 0 Å². The number of aryl methyl sites for hydroxylation is 2. The summed E-state index contributed by atoms with van der Waals surface area (Å²) in [7, 11) is -3.95. The Morgan fingerprint density at radius 2 is 2.05 bits per heavy atom. The molecule has 10 nitrogen and oxygen atoms in total. The van der Waals surface area contributed by atoms with Gasteiger partial charge in [-0.05, 0) is 13.8 Å². The highest BCUT2D eigenvalue weighted by molar-refractivity contribution is 7.92. The molecule has 2 heterocycles. The van der Waals surface area contributed by atoms with Gasteiger partial charge in [0.15, 0.2) is 0 Å². The van der Waals surface area contributed by atoms with Crippen LogP contribution in [0, 0.1) is 13.8 Å². The molecule has 0 amide bonds. The van der Waals surface area contributed by atoms with Crippen LogP contribution in [0.5, 0.6) is 0 Å². The molecule has 0 aliphatic rings. The fourth-order valence-electron chi connectivity index (χ4n) is 1.39. The van der Waals surface area contributed by atoms with Gasteiger partial charge in [0.25, 0.3) is 16.0 Å². The largest absolute Gasteiger partial charge is 0.480 e. The minimum atomic E-state index is -3.95. The Bertz CT molecular complexity index is 785. The number of hydrogen-bond donors (Lipinski definition) is 2. The van der Waals surface area contributed by atoms with Gasteiger partial charge in [-0.25, -0.2) is 18.1 Å². The molecule has 0 spiro atoms. The minimum absolute atomic E-state index is 0.163. The summed E-state index contributed by atoms with van der Waals surface area (Å²) < 4.78 is 27.3. The van der Waals surface area contributed by atoms with Crippen LogP contribution in [0.2, 0.25) is 0 Å². The second-order valence-electron chi connectivity index (χ2n) is 4.18. The van der Waals surface area contributed by atoms with Crippen molar-refractivity contribution in [3.05, 3.63) is 23.8 Å². The van der Waals surface area contributed by atoms with Gasteiger partial charge in [-0.1, -0.05) is 0 Å². The number of rotatable bonds is 5. The summed E-state index contributed by atoms with van der Waals surface area (Å²) in [6.07, 6.45) is 2.14. The first-order valence-corrected chi connectivity index (χ1v) is 7.21. The smallest absolute Gasteiger partial charge is 0.325 e. The number of aromatic nitrogens is 5. The van der Waals surface area contributed by atoms with Gasteiger partial charge in [-0.3, -0.25) is 9.48 Å². The van der Waals surface area contributed by atoms with Crippen molar-refractivity contribution in [1.29, 1.82) is 0 Å². The van der Waals surface area contributed by atoms with Crippen LogP contribution in [-0.2, 0) is 21.4 Å². The maximum atomic E-state index is 12.1. The van der Waals surface area contributed by atoms with Crippen LogP contribution in [0.4, 0.5) is 5.95 Å². The highest BCUT2D eigenvalue weighted by Gasteiger charge is 2.19. The number of anilines is 1. The molecule has 0 aliphatic heterocycles. The topological polar surface area (TPSA) is 140 Å². The van der Waals surface area contributed by atoms with Crippen LogP contribution in [-0.4, -0.2) is 44.5 Å². The van der Waals surface area contributed by atoms with Crippen molar-refractivity contribution in [1.82, 2.24) is 25.0 Å². The van der Waals surface area contributed by atoms with Crippen molar-refractivity contribution < 1.29 is 18.3 Å². The fourth-order valence-corrected chi connectivity index (χ4v) is 2.28. The van der Waals surface area contributed by atoms with E-state index in [1.807, 2.05) is 0 Å². The fraction of sp³-hybridized carbons (Fsp3) is 0.300. The van der Waals surface area contributed by atoms with E-state index in [1.54, 1.807) is 13.8 Å². The molecule has 2 rings (SSSR count). The first-order chi connectivity index (χ1) is 9.78. The molecule has 0 radical (unpaired) electrons. The van der Waals surface area contributed by atoms with Gasteiger partial charge in [0.2, 0.25) is 0 Å². The van der Waals surface area contributed by atoms with E-state index in [0.717, 1.165) is 17.1 Å². The first kappa shape index (κ1) is 14.8. The quantitative estimate of drug-likeness (QED) is 0.758. The summed E-state index contributed by atoms with van der Waals surface area (Å²) in [5, 5.41) is 19.7. The highest BCUT2D eigenvalue weighted by atomic mass is 32.2. The predicted molar refractivity (Wildman–Crippen MR) is 70.0 cm³/mol. The Labute approximate surface area is 119 Å². The lowest BCUT2D eigenvalue weighted by Crippen LogP contribution is -2.16. The van der Waals surface area contributed by atoms with Crippen molar-refractivity contribution in [2.24, 2.45) is 0 Å². The summed E-state index contributed by atoms with van der Waals surface area (Å²) >= 11 is 0. The van der Waals surface area contributed by atoms with Crippen LogP contribution in [0.25, 0.3) is 0 Å². The molecule has 0 aliphatic carbocycles. The molecule has 0 unspecified atom stereocenters. The van der Waals surface area contributed by atoms with Gasteiger partial charge >= 0.3 is 5.97 Å². The average molecular weight is 312 g/mol. The average Bonchev–Trinajstić information content (AvgIpc) is 2.82. The molecule has 2 aromatic heterocycles. The molecule has 112 valence electrons. The molecule has 11 heteroatoms. The monoisotopic (exact) mass is 312 g/mol. The standard InChI is InChI=1S/C10H12N6O4S/c1-6-7(2)13-14-10(12-6)15-21(19,20)8-3-11-16(4-8)5-9(17)18/h3-4H,5H2,1-2H3,(H,17,18)(H,12,14,15). The Morgan fingerprint density at radius 3 is 2.67 bits per heavy atom. The first-order valence-electron chi connectivity index (χ1n) is 5.73. The molecule has 21 heavy (non-hydrogen) atoms. The van der Waals surface area contributed by atoms with Crippen LogP contribution >= 0.6 is 0 Å². The molecular formula is C10H12N6O4S. The van der Waals surface area contributed by atoms with Crippen molar-refractivity contribution >= 4 is 21.9 Å². The van der Waals surface area contributed by atoms with Crippen molar-refractivity contribution in [2.45, 2.75) is 25.3 Å². The second-order valence-corrected chi connectivity index (χ2v) is 5.86. The second kappa shape index (κ2) is 5.44. The molecule has 0 aromatic carbocycles. The van der Waals surface area contributed by atoms with Gasteiger partial charge in [-0.15, -0.1) is 5.10 Å². The van der Waals surface area contributed by atoms with Crippen molar-refractivity contribution in [2.75, 3.05) is 4.72 Å². The molecule has 2 N–H and O–H groups in total. The Balaban J connectivity index is 2.23.